The van der Waals surface area contributed by atoms with E-state index >= 15 is 0 Å². The average Bonchev–Trinajstić information content (AvgIpc) is 2.91. The molecular weight excluding hydrogens is 380 g/mol. The predicted octanol–water partition coefficient (Wildman–Crippen LogP) is 4.90. The van der Waals surface area contributed by atoms with Crippen molar-refractivity contribution >= 4 is 17.7 Å². The number of carbonyl (C=O) groups excluding carboxylic acids is 1. The summed E-state index contributed by atoms with van der Waals surface area (Å²) in [5.74, 6) is -3.87. The van der Waals surface area contributed by atoms with Crippen molar-refractivity contribution < 1.29 is 31.1 Å². The highest BCUT2D eigenvalue weighted by Crippen LogP contribution is 2.45. The fraction of sp³-hybridized carbons (Fsp3) is 0.235. The van der Waals surface area contributed by atoms with Gasteiger partial charge in [-0.05, 0) is 29.8 Å². The molecule has 3 rings (SSSR count). The first kappa shape index (κ1) is 18.6. The minimum Gasteiger partial charge on any atom is -0.321 e. The van der Waals surface area contributed by atoms with Gasteiger partial charge in [0.25, 0.3) is 0 Å². The topological polar surface area (TPSA) is 20.3 Å². The first-order valence-electron chi connectivity index (χ1n) is 7.39. The molecule has 0 radical (unpaired) electrons. The molecule has 1 saturated heterocycles. The molecule has 1 fully saturated rings. The summed E-state index contributed by atoms with van der Waals surface area (Å²) in [5, 5.41) is -1.16. The Bertz CT molecular complexity index is 854. The summed E-state index contributed by atoms with van der Waals surface area (Å²) in [5.41, 5.74) is -1.67. The molecule has 138 valence electrons. The second kappa shape index (κ2) is 6.86. The lowest BCUT2D eigenvalue weighted by Crippen LogP contribution is -2.29. The number of benzene rings is 2. The summed E-state index contributed by atoms with van der Waals surface area (Å²) in [6, 6.07) is 5.38. The van der Waals surface area contributed by atoms with Crippen LogP contribution in [0.4, 0.5) is 26.3 Å². The van der Waals surface area contributed by atoms with Crippen LogP contribution < -0.4 is 0 Å². The normalized spacial score (nSPS) is 17.8. The summed E-state index contributed by atoms with van der Waals surface area (Å²) in [6.45, 7) is -0.423. The van der Waals surface area contributed by atoms with E-state index in [2.05, 4.69) is 0 Å². The van der Waals surface area contributed by atoms with Gasteiger partial charge in [-0.25, -0.2) is 13.2 Å². The molecule has 0 N–H and O–H groups in total. The van der Waals surface area contributed by atoms with E-state index in [1.54, 1.807) is 0 Å². The van der Waals surface area contributed by atoms with E-state index in [0.29, 0.717) is 18.2 Å². The van der Waals surface area contributed by atoms with Gasteiger partial charge in [-0.15, -0.1) is 11.8 Å². The van der Waals surface area contributed by atoms with Gasteiger partial charge in [0, 0.05) is 5.56 Å². The Kier molecular flexibility index (Phi) is 4.92. The maximum absolute atomic E-state index is 13.9. The Balaban J connectivity index is 2.01. The molecule has 1 aliphatic heterocycles. The summed E-state index contributed by atoms with van der Waals surface area (Å²) >= 11 is 0.873. The third kappa shape index (κ3) is 3.53. The Morgan fingerprint density at radius 1 is 1.12 bits per heavy atom. The molecule has 1 atom stereocenters. The Hall–Kier alpha value is -2.16. The maximum Gasteiger partial charge on any atom is 0.416 e. The molecule has 2 nitrogen and oxygen atoms in total. The van der Waals surface area contributed by atoms with Crippen LogP contribution in [0, 0.1) is 17.5 Å². The number of hydrogen-bond acceptors (Lipinski definition) is 2. The van der Waals surface area contributed by atoms with E-state index < -0.39 is 52.6 Å². The minimum atomic E-state index is -4.75. The summed E-state index contributed by atoms with van der Waals surface area (Å²) in [4.78, 5) is 13.1. The van der Waals surface area contributed by atoms with Crippen LogP contribution >= 0.6 is 11.8 Å². The highest BCUT2D eigenvalue weighted by atomic mass is 32.2. The number of nitrogens with zero attached hydrogens (tertiary/aromatic N) is 1. The van der Waals surface area contributed by atoms with Crippen molar-refractivity contribution in [1.82, 2.24) is 4.90 Å². The average molecular weight is 391 g/mol. The van der Waals surface area contributed by atoms with Gasteiger partial charge in [0.15, 0.2) is 11.6 Å². The zero-order valence-corrected chi connectivity index (χ0v) is 13.8. The van der Waals surface area contributed by atoms with E-state index in [4.69, 9.17) is 0 Å². The van der Waals surface area contributed by atoms with Crippen molar-refractivity contribution in [2.45, 2.75) is 18.1 Å². The quantitative estimate of drug-likeness (QED) is 0.694. The second-order valence-corrected chi connectivity index (χ2v) is 6.70. The Labute approximate surface area is 148 Å². The molecule has 0 spiro atoms. The van der Waals surface area contributed by atoms with Gasteiger partial charge in [-0.2, -0.15) is 13.2 Å². The molecule has 1 unspecified atom stereocenters. The largest absolute Gasteiger partial charge is 0.416 e. The highest BCUT2D eigenvalue weighted by molar-refractivity contribution is 8.00. The van der Waals surface area contributed by atoms with Gasteiger partial charge in [0.05, 0.1) is 17.9 Å². The zero-order valence-electron chi connectivity index (χ0n) is 13.0. The van der Waals surface area contributed by atoms with Crippen LogP contribution in [0.1, 0.15) is 22.1 Å². The number of amides is 1. The summed E-state index contributed by atoms with van der Waals surface area (Å²) in [6.07, 6.45) is -4.75. The van der Waals surface area contributed by atoms with Crippen molar-refractivity contribution in [3.63, 3.8) is 0 Å². The molecule has 0 aromatic heterocycles. The summed E-state index contributed by atoms with van der Waals surface area (Å²) in [7, 11) is 0. The lowest BCUT2D eigenvalue weighted by atomic mass is 10.1. The van der Waals surface area contributed by atoms with Crippen molar-refractivity contribution in [1.29, 1.82) is 0 Å². The molecule has 9 heteroatoms. The van der Waals surface area contributed by atoms with Crippen LogP contribution in [0.2, 0.25) is 0 Å². The number of thioether (sulfide) groups is 1. The molecule has 1 heterocycles. The molecular formula is C17H11F6NOS. The number of halogens is 6. The van der Waals surface area contributed by atoms with E-state index in [1.165, 1.54) is 12.1 Å². The van der Waals surface area contributed by atoms with Crippen molar-refractivity contribution in [2.75, 3.05) is 5.75 Å². The van der Waals surface area contributed by atoms with Crippen LogP contribution in [0.15, 0.2) is 36.4 Å². The molecule has 2 aromatic rings. The van der Waals surface area contributed by atoms with Crippen LogP contribution in [0.5, 0.6) is 0 Å². The van der Waals surface area contributed by atoms with Crippen LogP contribution in [0.3, 0.4) is 0 Å². The first-order chi connectivity index (χ1) is 12.2. The van der Waals surface area contributed by atoms with E-state index in [-0.39, 0.29) is 11.3 Å². The van der Waals surface area contributed by atoms with Gasteiger partial charge in [-0.1, -0.05) is 12.1 Å². The number of alkyl halides is 3. The molecule has 0 bridgehead atoms. The van der Waals surface area contributed by atoms with Gasteiger partial charge in [-0.3, -0.25) is 4.79 Å². The molecule has 1 aliphatic rings. The lowest BCUT2D eigenvalue weighted by molar-refractivity contribution is -0.139. The van der Waals surface area contributed by atoms with Gasteiger partial charge in [0.1, 0.15) is 11.2 Å². The van der Waals surface area contributed by atoms with Gasteiger partial charge in [0.2, 0.25) is 5.91 Å². The fourth-order valence-electron chi connectivity index (χ4n) is 2.73. The molecule has 26 heavy (non-hydrogen) atoms. The SMILES string of the molecule is O=C1CSC(c2cc(F)ccc2C(F)(F)F)N1Cc1cccc(F)c1F. The van der Waals surface area contributed by atoms with Crippen molar-refractivity contribution in [3.05, 3.63) is 70.5 Å². The highest BCUT2D eigenvalue weighted by Gasteiger charge is 2.41. The smallest absolute Gasteiger partial charge is 0.321 e. The van der Waals surface area contributed by atoms with Gasteiger partial charge < -0.3 is 4.90 Å². The first-order valence-corrected chi connectivity index (χ1v) is 8.44. The second-order valence-electron chi connectivity index (χ2n) is 5.63. The molecule has 2 aromatic carbocycles. The van der Waals surface area contributed by atoms with E-state index in [9.17, 15) is 31.1 Å². The van der Waals surface area contributed by atoms with E-state index in [0.717, 1.165) is 22.7 Å². The predicted molar refractivity (Wildman–Crippen MR) is 83.5 cm³/mol. The fourth-order valence-corrected chi connectivity index (χ4v) is 3.95. The third-order valence-corrected chi connectivity index (χ3v) is 5.16. The Morgan fingerprint density at radius 2 is 1.85 bits per heavy atom. The monoisotopic (exact) mass is 391 g/mol. The zero-order chi connectivity index (χ0) is 19.1. The van der Waals surface area contributed by atoms with Crippen molar-refractivity contribution in [2.24, 2.45) is 0 Å². The van der Waals surface area contributed by atoms with Crippen LogP contribution in [0.25, 0.3) is 0 Å². The number of hydrogen-bond donors (Lipinski definition) is 0. The van der Waals surface area contributed by atoms with Crippen LogP contribution in [-0.2, 0) is 17.5 Å². The third-order valence-electron chi connectivity index (χ3n) is 3.93. The van der Waals surface area contributed by atoms with Crippen LogP contribution in [-0.4, -0.2) is 16.6 Å². The van der Waals surface area contributed by atoms with Gasteiger partial charge >= 0.3 is 6.18 Å². The molecule has 1 amide bonds. The molecule has 0 saturated carbocycles. The minimum absolute atomic E-state index is 0.143. The Morgan fingerprint density at radius 3 is 2.54 bits per heavy atom. The number of rotatable bonds is 3. The van der Waals surface area contributed by atoms with Crippen molar-refractivity contribution in [3.8, 4) is 0 Å². The molecule has 0 aliphatic carbocycles. The number of carbonyl (C=O) groups is 1. The summed E-state index contributed by atoms with van der Waals surface area (Å²) < 4.78 is 80.6. The van der Waals surface area contributed by atoms with E-state index in [1.807, 2.05) is 0 Å². The maximum atomic E-state index is 13.9. The standard InChI is InChI=1S/C17H11F6NOS/c18-10-4-5-12(17(21,22)23)11(6-10)16-24(14(25)8-26-16)7-9-2-1-3-13(19)15(9)20/h1-6,16H,7-8H2. The lowest BCUT2D eigenvalue weighted by Gasteiger charge is -2.27.